The van der Waals surface area contributed by atoms with Crippen LogP contribution in [-0.4, -0.2) is 34.0 Å². The van der Waals surface area contributed by atoms with Gasteiger partial charge in [0.25, 0.3) is 0 Å². The second-order valence-corrected chi connectivity index (χ2v) is 7.11. The summed E-state index contributed by atoms with van der Waals surface area (Å²) in [5.41, 5.74) is 0.867. The Bertz CT molecular complexity index is 658. The molecule has 1 aromatic heterocycles. The zero-order valence-electron chi connectivity index (χ0n) is 14.2. The lowest BCUT2D eigenvalue weighted by molar-refractivity contribution is 0.160. The topological polar surface area (TPSA) is 87.1 Å². The second-order valence-electron chi connectivity index (χ2n) is 6.14. The molecule has 0 fully saturated rings. The maximum Gasteiger partial charge on any atom is 0.321 e. The van der Waals surface area contributed by atoms with Gasteiger partial charge in [-0.25, -0.2) is 4.79 Å². The van der Waals surface area contributed by atoms with Crippen LogP contribution in [0.2, 0.25) is 0 Å². The van der Waals surface area contributed by atoms with Crippen LogP contribution < -0.4 is 10.6 Å². The van der Waals surface area contributed by atoms with Gasteiger partial charge in [0.2, 0.25) is 5.13 Å². The van der Waals surface area contributed by atoms with E-state index in [-0.39, 0.29) is 17.6 Å². The molecule has 0 aliphatic heterocycles. The number of nitrogens with zero attached hydrogens (tertiary/aromatic N) is 2. The standard InChI is InChI=1S/C17H24N4O2S/c1-4-13(22)10-11-18-15(23)19-16-21-20-14(24-16)17(2,3)12-8-6-5-7-9-12/h5-9,13,22H,4,10-11H2,1-3H3,(H2,18,19,21,23). The number of benzene rings is 1. The van der Waals surface area contributed by atoms with E-state index in [4.69, 9.17) is 0 Å². The molecule has 1 atom stereocenters. The molecular formula is C17H24N4O2S. The Morgan fingerprint density at radius 1 is 1.29 bits per heavy atom. The highest BCUT2D eigenvalue weighted by molar-refractivity contribution is 7.15. The van der Waals surface area contributed by atoms with Crippen molar-refractivity contribution in [2.24, 2.45) is 0 Å². The van der Waals surface area contributed by atoms with Gasteiger partial charge in [-0.15, -0.1) is 10.2 Å². The normalized spacial score (nSPS) is 12.7. The van der Waals surface area contributed by atoms with E-state index in [1.54, 1.807) is 0 Å². The summed E-state index contributed by atoms with van der Waals surface area (Å²) < 4.78 is 0. The molecule has 0 aliphatic carbocycles. The van der Waals surface area contributed by atoms with Gasteiger partial charge in [-0.05, 0) is 32.3 Å². The van der Waals surface area contributed by atoms with Crippen LogP contribution in [0.25, 0.3) is 0 Å². The number of aromatic nitrogens is 2. The minimum atomic E-state index is -0.384. The maximum absolute atomic E-state index is 11.8. The fourth-order valence-corrected chi connectivity index (χ4v) is 3.07. The lowest BCUT2D eigenvalue weighted by Crippen LogP contribution is -2.31. The molecule has 7 heteroatoms. The minimum Gasteiger partial charge on any atom is -0.393 e. The third kappa shape index (κ3) is 4.75. The lowest BCUT2D eigenvalue weighted by Gasteiger charge is -2.21. The molecule has 0 saturated carbocycles. The number of hydrogen-bond acceptors (Lipinski definition) is 5. The molecule has 0 aliphatic rings. The first-order chi connectivity index (χ1) is 11.4. The summed E-state index contributed by atoms with van der Waals surface area (Å²) in [6.45, 7) is 6.49. The second kappa shape index (κ2) is 8.21. The highest BCUT2D eigenvalue weighted by Gasteiger charge is 2.27. The number of amides is 2. The van der Waals surface area contributed by atoms with E-state index in [2.05, 4.69) is 46.8 Å². The third-order valence-corrected chi connectivity index (χ3v) is 5.07. The van der Waals surface area contributed by atoms with Crippen LogP contribution in [0, 0.1) is 0 Å². The molecule has 24 heavy (non-hydrogen) atoms. The maximum atomic E-state index is 11.8. The number of anilines is 1. The number of nitrogens with one attached hydrogen (secondary N) is 2. The number of carbonyl (C=O) groups excluding carboxylic acids is 1. The van der Waals surface area contributed by atoms with Crippen LogP contribution in [-0.2, 0) is 5.41 Å². The van der Waals surface area contributed by atoms with Crippen molar-refractivity contribution in [3.05, 3.63) is 40.9 Å². The average Bonchev–Trinajstić information content (AvgIpc) is 3.04. The van der Waals surface area contributed by atoms with Crippen LogP contribution in [0.4, 0.5) is 9.93 Å². The monoisotopic (exact) mass is 348 g/mol. The van der Waals surface area contributed by atoms with Gasteiger partial charge >= 0.3 is 6.03 Å². The van der Waals surface area contributed by atoms with Gasteiger partial charge in [-0.1, -0.05) is 48.6 Å². The van der Waals surface area contributed by atoms with E-state index in [1.807, 2.05) is 25.1 Å². The molecular weight excluding hydrogens is 324 g/mol. The average molecular weight is 348 g/mol. The minimum absolute atomic E-state index is 0.277. The van der Waals surface area contributed by atoms with Gasteiger partial charge in [0, 0.05) is 12.0 Å². The summed E-state index contributed by atoms with van der Waals surface area (Å²) in [5, 5.41) is 24.4. The van der Waals surface area contributed by atoms with E-state index in [0.29, 0.717) is 24.5 Å². The first kappa shape index (κ1) is 18.4. The summed E-state index contributed by atoms with van der Waals surface area (Å²) >= 11 is 1.36. The largest absolute Gasteiger partial charge is 0.393 e. The van der Waals surface area contributed by atoms with Crippen molar-refractivity contribution in [3.8, 4) is 0 Å². The number of carbonyl (C=O) groups is 1. The van der Waals surface area contributed by atoms with Crippen molar-refractivity contribution < 1.29 is 9.90 Å². The Morgan fingerprint density at radius 2 is 2.00 bits per heavy atom. The summed E-state index contributed by atoms with van der Waals surface area (Å²) in [6, 6.07) is 9.75. The molecule has 2 aromatic rings. The lowest BCUT2D eigenvalue weighted by atomic mass is 9.85. The Hall–Kier alpha value is -1.99. The quantitative estimate of drug-likeness (QED) is 0.717. The molecule has 3 N–H and O–H groups in total. The fourth-order valence-electron chi connectivity index (χ4n) is 2.20. The molecule has 0 bridgehead atoms. The Kier molecular flexibility index (Phi) is 6.28. The number of hydrogen-bond donors (Lipinski definition) is 3. The van der Waals surface area contributed by atoms with E-state index < -0.39 is 0 Å². The fraction of sp³-hybridized carbons (Fsp3) is 0.471. The van der Waals surface area contributed by atoms with E-state index in [9.17, 15) is 9.90 Å². The predicted molar refractivity (Wildman–Crippen MR) is 96.4 cm³/mol. The van der Waals surface area contributed by atoms with Crippen LogP contribution in [0.15, 0.2) is 30.3 Å². The Labute approximate surface area is 146 Å². The Morgan fingerprint density at radius 3 is 2.67 bits per heavy atom. The van der Waals surface area contributed by atoms with Crippen LogP contribution in [0.5, 0.6) is 0 Å². The van der Waals surface area contributed by atoms with E-state index in [1.165, 1.54) is 11.3 Å². The Balaban J connectivity index is 1.94. The third-order valence-electron chi connectivity index (χ3n) is 3.91. The number of aliphatic hydroxyl groups excluding tert-OH is 1. The van der Waals surface area contributed by atoms with Crippen molar-refractivity contribution in [1.82, 2.24) is 15.5 Å². The zero-order valence-corrected chi connectivity index (χ0v) is 15.1. The highest BCUT2D eigenvalue weighted by atomic mass is 32.1. The summed E-state index contributed by atoms with van der Waals surface area (Å²) in [6.07, 6.45) is 0.828. The van der Waals surface area contributed by atoms with Gasteiger partial charge in [-0.3, -0.25) is 5.32 Å². The van der Waals surface area contributed by atoms with Gasteiger partial charge in [0.05, 0.1) is 6.10 Å². The van der Waals surface area contributed by atoms with Crippen molar-refractivity contribution in [2.45, 2.75) is 45.1 Å². The van der Waals surface area contributed by atoms with Gasteiger partial charge < -0.3 is 10.4 Å². The molecule has 1 unspecified atom stereocenters. The SMILES string of the molecule is CCC(O)CCNC(=O)Nc1nnc(C(C)(C)c2ccccc2)s1. The molecule has 0 radical (unpaired) electrons. The van der Waals surface area contributed by atoms with Crippen LogP contribution in [0.3, 0.4) is 0 Å². The first-order valence-electron chi connectivity index (χ1n) is 8.06. The van der Waals surface area contributed by atoms with Gasteiger partial charge in [0.15, 0.2) is 0 Å². The molecule has 6 nitrogen and oxygen atoms in total. The predicted octanol–water partition coefficient (Wildman–Crippen LogP) is 3.15. The smallest absolute Gasteiger partial charge is 0.321 e. The molecule has 1 heterocycles. The zero-order chi connectivity index (χ0) is 17.6. The molecule has 0 saturated heterocycles. The van der Waals surface area contributed by atoms with Crippen molar-refractivity contribution in [2.75, 3.05) is 11.9 Å². The van der Waals surface area contributed by atoms with E-state index >= 15 is 0 Å². The van der Waals surface area contributed by atoms with Crippen molar-refractivity contribution in [1.29, 1.82) is 0 Å². The van der Waals surface area contributed by atoms with Gasteiger partial charge in [-0.2, -0.15) is 0 Å². The molecule has 2 rings (SSSR count). The first-order valence-corrected chi connectivity index (χ1v) is 8.87. The van der Waals surface area contributed by atoms with E-state index in [0.717, 1.165) is 10.6 Å². The number of aliphatic hydroxyl groups is 1. The molecule has 130 valence electrons. The summed E-state index contributed by atoms with van der Waals surface area (Å²) in [7, 11) is 0. The molecule has 1 aromatic carbocycles. The number of rotatable bonds is 7. The van der Waals surface area contributed by atoms with Crippen molar-refractivity contribution >= 4 is 22.5 Å². The summed E-state index contributed by atoms with van der Waals surface area (Å²) in [5.74, 6) is 0. The van der Waals surface area contributed by atoms with Crippen LogP contribution >= 0.6 is 11.3 Å². The van der Waals surface area contributed by atoms with Gasteiger partial charge in [0.1, 0.15) is 5.01 Å². The number of urea groups is 1. The van der Waals surface area contributed by atoms with Crippen LogP contribution in [0.1, 0.15) is 44.2 Å². The van der Waals surface area contributed by atoms with Crippen molar-refractivity contribution in [3.63, 3.8) is 0 Å². The summed E-state index contributed by atoms with van der Waals surface area (Å²) in [4.78, 5) is 11.8. The molecule has 0 spiro atoms. The highest BCUT2D eigenvalue weighted by Crippen LogP contribution is 2.34. The molecule has 2 amide bonds.